The predicted molar refractivity (Wildman–Crippen MR) is 130 cm³/mol. The number of ether oxygens (including phenoxy) is 1. The van der Waals surface area contributed by atoms with Crippen LogP contribution in [0.15, 0.2) is 60.3 Å². The van der Waals surface area contributed by atoms with Crippen LogP contribution < -0.4 is 4.74 Å². The van der Waals surface area contributed by atoms with Crippen molar-refractivity contribution in [3.05, 3.63) is 82.0 Å². The minimum absolute atomic E-state index is 0.258. The number of rotatable bonds is 8. The van der Waals surface area contributed by atoms with E-state index in [0.717, 1.165) is 43.2 Å². The Morgan fingerprint density at radius 2 is 1.94 bits per heavy atom. The van der Waals surface area contributed by atoms with Crippen LogP contribution in [-0.4, -0.2) is 29.3 Å². The number of aryl methyl sites for hydroxylation is 1. The normalized spacial score (nSPS) is 20.6. The van der Waals surface area contributed by atoms with Gasteiger partial charge in [-0.3, -0.25) is 4.79 Å². The number of carbonyl (C=O) groups excluding carboxylic acids is 1. The molecule has 0 N–H and O–H groups in total. The van der Waals surface area contributed by atoms with Gasteiger partial charge in [-0.05, 0) is 115 Å². The summed E-state index contributed by atoms with van der Waals surface area (Å²) < 4.78 is 6.28. The highest BCUT2D eigenvalue weighted by atomic mass is 35.5. The topological polar surface area (TPSA) is 29.5 Å². The highest BCUT2D eigenvalue weighted by Gasteiger charge is 2.43. The van der Waals surface area contributed by atoms with Crippen LogP contribution in [0.1, 0.15) is 42.9 Å². The summed E-state index contributed by atoms with van der Waals surface area (Å²) in [7, 11) is 0. The molecular formula is C27H27Cl2NO2. The molecule has 2 aliphatic carbocycles. The third kappa shape index (κ3) is 4.46. The average Bonchev–Trinajstić information content (AvgIpc) is 3.52. The van der Waals surface area contributed by atoms with Gasteiger partial charge in [-0.25, -0.2) is 0 Å². The molecule has 0 radical (unpaired) electrons. The molecule has 2 aromatic carbocycles. The van der Waals surface area contributed by atoms with Crippen molar-refractivity contribution in [2.24, 2.45) is 5.41 Å². The molecule has 0 aromatic heterocycles. The lowest BCUT2D eigenvalue weighted by molar-refractivity contribution is -0.115. The van der Waals surface area contributed by atoms with Gasteiger partial charge in [-0.1, -0.05) is 29.8 Å². The molecule has 0 saturated heterocycles. The smallest absolute Gasteiger partial charge is 0.248 e. The molecule has 1 aliphatic heterocycles. The molecule has 1 fully saturated rings. The summed E-state index contributed by atoms with van der Waals surface area (Å²) in [6.45, 7) is 3.69. The first-order valence-electron chi connectivity index (χ1n) is 11.3. The van der Waals surface area contributed by atoms with Crippen molar-refractivity contribution in [3.63, 3.8) is 0 Å². The average molecular weight is 468 g/mol. The van der Waals surface area contributed by atoms with Gasteiger partial charge in [-0.2, -0.15) is 0 Å². The molecule has 1 atom stereocenters. The standard InChI is InChI=1S/C27H27Cl2NO2/c1-18-21(16-30-13-10-25(30)26(29)31)5-4-20-14-23(8-9-24(18)20)32-17-27(11-12-27)15-19-2-6-22(28)7-3-19/h2-3,6-10,13-14,25H,4-5,11-12,15-17H2,1H3. The quantitative estimate of drug-likeness (QED) is 0.419. The molecule has 1 unspecified atom stereocenters. The van der Waals surface area contributed by atoms with Gasteiger partial charge in [0.15, 0.2) is 0 Å². The van der Waals surface area contributed by atoms with E-state index in [0.29, 0.717) is 0 Å². The van der Waals surface area contributed by atoms with E-state index in [1.807, 2.05) is 29.3 Å². The van der Waals surface area contributed by atoms with Crippen LogP contribution in [0.5, 0.6) is 5.75 Å². The highest BCUT2D eigenvalue weighted by Crippen LogP contribution is 2.49. The first-order valence-corrected chi connectivity index (χ1v) is 12.0. The zero-order chi connectivity index (χ0) is 22.3. The van der Waals surface area contributed by atoms with Crippen LogP contribution >= 0.6 is 23.2 Å². The number of fused-ring (bicyclic) bond motifs is 1. The Bertz CT molecular complexity index is 1100. The van der Waals surface area contributed by atoms with Gasteiger partial charge in [0.1, 0.15) is 11.8 Å². The first kappa shape index (κ1) is 21.6. The monoisotopic (exact) mass is 467 g/mol. The molecule has 166 valence electrons. The second-order valence-electron chi connectivity index (χ2n) is 9.40. The maximum Gasteiger partial charge on any atom is 0.248 e. The fourth-order valence-electron chi connectivity index (χ4n) is 4.79. The van der Waals surface area contributed by atoms with E-state index in [-0.39, 0.29) is 16.7 Å². The van der Waals surface area contributed by atoms with Gasteiger partial charge >= 0.3 is 0 Å². The zero-order valence-electron chi connectivity index (χ0n) is 18.2. The van der Waals surface area contributed by atoms with E-state index in [1.165, 1.54) is 40.7 Å². The second-order valence-corrected chi connectivity index (χ2v) is 10.2. The molecule has 0 spiro atoms. The Balaban J connectivity index is 1.23. The fourth-order valence-corrected chi connectivity index (χ4v) is 5.11. The maximum atomic E-state index is 11.5. The summed E-state index contributed by atoms with van der Waals surface area (Å²) in [6, 6.07) is 14.4. The molecule has 0 amide bonds. The van der Waals surface area contributed by atoms with E-state index in [1.54, 1.807) is 0 Å². The lowest BCUT2D eigenvalue weighted by Gasteiger charge is -2.35. The van der Waals surface area contributed by atoms with Crippen molar-refractivity contribution in [2.75, 3.05) is 13.2 Å². The third-order valence-corrected chi connectivity index (χ3v) is 7.60. The molecule has 1 heterocycles. The van der Waals surface area contributed by atoms with Crippen LogP contribution in [0, 0.1) is 5.41 Å². The van der Waals surface area contributed by atoms with E-state index in [4.69, 9.17) is 27.9 Å². The third-order valence-electron chi connectivity index (χ3n) is 7.12. The summed E-state index contributed by atoms with van der Waals surface area (Å²) in [5.41, 5.74) is 6.89. The van der Waals surface area contributed by atoms with Crippen molar-refractivity contribution in [3.8, 4) is 5.75 Å². The number of halogens is 2. The van der Waals surface area contributed by atoms with Crippen molar-refractivity contribution >= 4 is 34.0 Å². The molecule has 5 rings (SSSR count). The minimum atomic E-state index is -0.312. The van der Waals surface area contributed by atoms with Crippen molar-refractivity contribution in [1.82, 2.24) is 4.90 Å². The summed E-state index contributed by atoms with van der Waals surface area (Å²) in [5, 5.41) is 0.471. The Labute approximate surface area is 199 Å². The van der Waals surface area contributed by atoms with Gasteiger partial charge in [0.25, 0.3) is 0 Å². The molecule has 1 saturated carbocycles. The molecule has 0 bridgehead atoms. The Kier molecular flexibility index (Phi) is 5.81. The van der Waals surface area contributed by atoms with Crippen LogP contribution in [0.4, 0.5) is 0 Å². The summed E-state index contributed by atoms with van der Waals surface area (Å²) in [5.74, 6) is 0.959. The van der Waals surface area contributed by atoms with Gasteiger partial charge in [0.05, 0.1) is 6.61 Å². The Morgan fingerprint density at radius 1 is 1.16 bits per heavy atom. The van der Waals surface area contributed by atoms with Gasteiger partial charge < -0.3 is 9.64 Å². The highest BCUT2D eigenvalue weighted by molar-refractivity contribution is 6.65. The van der Waals surface area contributed by atoms with Crippen molar-refractivity contribution < 1.29 is 9.53 Å². The fraction of sp³-hybridized carbons (Fsp3) is 0.370. The Morgan fingerprint density at radius 3 is 2.59 bits per heavy atom. The molecular weight excluding hydrogens is 441 g/mol. The molecule has 32 heavy (non-hydrogen) atoms. The van der Waals surface area contributed by atoms with E-state index < -0.39 is 0 Å². The number of hydrogen-bond donors (Lipinski definition) is 0. The van der Waals surface area contributed by atoms with E-state index in [9.17, 15) is 4.79 Å². The molecule has 3 aliphatic rings. The van der Waals surface area contributed by atoms with Crippen LogP contribution in [0.2, 0.25) is 5.02 Å². The number of allylic oxidation sites excluding steroid dienone is 1. The van der Waals surface area contributed by atoms with Crippen molar-refractivity contribution in [1.29, 1.82) is 0 Å². The number of nitrogens with zero attached hydrogens (tertiary/aromatic N) is 1. The number of hydrogen-bond acceptors (Lipinski definition) is 3. The van der Waals surface area contributed by atoms with Gasteiger partial charge in [-0.15, -0.1) is 0 Å². The molecule has 5 heteroatoms. The summed E-state index contributed by atoms with van der Waals surface area (Å²) in [4.78, 5) is 13.5. The van der Waals surface area contributed by atoms with Crippen LogP contribution in [0.25, 0.3) is 5.57 Å². The Hall–Kier alpha value is -2.23. The first-order chi connectivity index (χ1) is 15.4. The lowest BCUT2D eigenvalue weighted by atomic mass is 9.85. The SMILES string of the molecule is CC1=C(CN2C=CC2C(=O)Cl)CCc2cc(OCC3(Cc4ccc(Cl)cc4)CC3)ccc21. The lowest BCUT2D eigenvalue weighted by Crippen LogP contribution is -2.42. The maximum absolute atomic E-state index is 11.5. The van der Waals surface area contributed by atoms with Crippen molar-refractivity contribution in [2.45, 2.75) is 45.1 Å². The largest absolute Gasteiger partial charge is 0.493 e. The number of carbonyl (C=O) groups is 1. The minimum Gasteiger partial charge on any atom is -0.493 e. The molecule has 2 aromatic rings. The van der Waals surface area contributed by atoms with Gasteiger partial charge in [0, 0.05) is 17.0 Å². The predicted octanol–water partition coefficient (Wildman–Crippen LogP) is 6.42. The van der Waals surface area contributed by atoms with Gasteiger partial charge in [0.2, 0.25) is 5.24 Å². The zero-order valence-corrected chi connectivity index (χ0v) is 19.8. The summed E-state index contributed by atoms with van der Waals surface area (Å²) in [6.07, 6.45) is 9.26. The second kappa shape index (κ2) is 8.61. The van der Waals surface area contributed by atoms with E-state index in [2.05, 4.69) is 37.3 Å². The van der Waals surface area contributed by atoms with E-state index >= 15 is 0 Å². The van der Waals surface area contributed by atoms with Crippen LogP contribution in [-0.2, 0) is 17.6 Å². The number of benzene rings is 2. The molecule has 3 nitrogen and oxygen atoms in total. The van der Waals surface area contributed by atoms with Crippen LogP contribution in [0.3, 0.4) is 0 Å². The summed E-state index contributed by atoms with van der Waals surface area (Å²) >= 11 is 11.7.